The van der Waals surface area contributed by atoms with E-state index in [4.69, 9.17) is 4.42 Å². The van der Waals surface area contributed by atoms with Gasteiger partial charge in [0, 0.05) is 36.9 Å². The van der Waals surface area contributed by atoms with Crippen molar-refractivity contribution in [2.75, 3.05) is 23.3 Å². The molecule has 1 fully saturated rings. The summed E-state index contributed by atoms with van der Waals surface area (Å²) in [5.74, 6) is 0.902. The van der Waals surface area contributed by atoms with Gasteiger partial charge in [-0.05, 0) is 49.2 Å². The van der Waals surface area contributed by atoms with Gasteiger partial charge in [0.2, 0.25) is 5.95 Å². The van der Waals surface area contributed by atoms with Crippen LogP contribution in [0.3, 0.4) is 0 Å². The summed E-state index contributed by atoms with van der Waals surface area (Å²) in [5, 5.41) is 5.92. The van der Waals surface area contributed by atoms with Gasteiger partial charge in [0.15, 0.2) is 0 Å². The summed E-state index contributed by atoms with van der Waals surface area (Å²) in [4.78, 5) is 22.9. The number of nitrogens with zero attached hydrogens (tertiary/aromatic N) is 3. The van der Waals surface area contributed by atoms with Crippen molar-refractivity contribution in [1.29, 1.82) is 0 Å². The van der Waals surface area contributed by atoms with Gasteiger partial charge in [-0.15, -0.1) is 0 Å². The van der Waals surface area contributed by atoms with Crippen molar-refractivity contribution in [3.63, 3.8) is 0 Å². The number of benzene rings is 1. The van der Waals surface area contributed by atoms with Crippen molar-refractivity contribution < 1.29 is 9.21 Å². The zero-order valence-electron chi connectivity index (χ0n) is 14.9. The summed E-state index contributed by atoms with van der Waals surface area (Å²) in [5.41, 5.74) is 2.55. The van der Waals surface area contributed by atoms with Gasteiger partial charge in [0.25, 0.3) is 5.91 Å². The molecule has 1 aromatic carbocycles. The van der Waals surface area contributed by atoms with E-state index in [9.17, 15) is 4.79 Å². The molecule has 2 aromatic heterocycles. The fourth-order valence-corrected chi connectivity index (χ4v) is 3.05. The molecule has 1 saturated heterocycles. The van der Waals surface area contributed by atoms with Gasteiger partial charge >= 0.3 is 0 Å². The fourth-order valence-electron chi connectivity index (χ4n) is 3.05. The number of anilines is 3. The maximum absolute atomic E-state index is 12.1. The first-order valence-corrected chi connectivity index (χ1v) is 9.02. The van der Waals surface area contributed by atoms with Crippen LogP contribution >= 0.6 is 0 Å². The van der Waals surface area contributed by atoms with Crippen molar-refractivity contribution in [2.45, 2.75) is 19.4 Å². The van der Waals surface area contributed by atoms with Gasteiger partial charge in [-0.1, -0.05) is 0 Å². The number of hydrogen-bond acceptors (Lipinski definition) is 6. The number of nitrogens with one attached hydrogen (secondary N) is 2. The molecule has 138 valence electrons. The van der Waals surface area contributed by atoms with Crippen LogP contribution in [0, 0.1) is 0 Å². The van der Waals surface area contributed by atoms with E-state index in [-0.39, 0.29) is 5.91 Å². The number of rotatable bonds is 6. The van der Waals surface area contributed by atoms with Crippen molar-refractivity contribution in [3.8, 4) is 0 Å². The van der Waals surface area contributed by atoms with E-state index >= 15 is 0 Å². The van der Waals surface area contributed by atoms with Gasteiger partial charge in [0.05, 0.1) is 18.4 Å². The number of furan rings is 1. The topological polar surface area (TPSA) is 83.3 Å². The molecule has 3 aromatic rings. The maximum atomic E-state index is 12.1. The third kappa shape index (κ3) is 4.25. The highest BCUT2D eigenvalue weighted by Gasteiger charge is 2.12. The fraction of sp³-hybridized carbons (Fsp3) is 0.250. The predicted octanol–water partition coefficient (Wildman–Crippen LogP) is 3.34. The molecule has 0 unspecified atom stereocenters. The van der Waals surface area contributed by atoms with Crippen molar-refractivity contribution in [2.24, 2.45) is 0 Å². The number of aromatic nitrogens is 2. The maximum Gasteiger partial charge on any atom is 0.254 e. The average molecular weight is 363 g/mol. The second kappa shape index (κ2) is 7.90. The van der Waals surface area contributed by atoms with Crippen LogP contribution in [0.15, 0.2) is 59.5 Å². The molecule has 0 aliphatic carbocycles. The number of carbonyl (C=O) groups excluding carboxylic acids is 1. The molecule has 4 rings (SSSR count). The molecule has 0 saturated carbocycles. The summed E-state index contributed by atoms with van der Waals surface area (Å²) in [6.45, 7) is 2.58. The van der Waals surface area contributed by atoms with Crippen LogP contribution in [0.4, 0.5) is 17.3 Å². The third-order valence-electron chi connectivity index (χ3n) is 4.51. The molecule has 0 atom stereocenters. The van der Waals surface area contributed by atoms with Crippen LogP contribution in [-0.4, -0.2) is 29.0 Å². The number of amides is 1. The van der Waals surface area contributed by atoms with E-state index in [0.717, 1.165) is 18.8 Å². The molecule has 3 heterocycles. The molecule has 27 heavy (non-hydrogen) atoms. The van der Waals surface area contributed by atoms with Crippen LogP contribution in [0.2, 0.25) is 0 Å². The zero-order valence-corrected chi connectivity index (χ0v) is 14.9. The Morgan fingerprint density at radius 3 is 2.48 bits per heavy atom. The van der Waals surface area contributed by atoms with Crippen molar-refractivity contribution in [3.05, 3.63) is 66.4 Å². The number of hydrogen-bond donors (Lipinski definition) is 2. The van der Waals surface area contributed by atoms with E-state index in [1.165, 1.54) is 30.9 Å². The Bertz CT molecular complexity index is 870. The Balaban J connectivity index is 1.33. The van der Waals surface area contributed by atoms with Crippen LogP contribution in [0.1, 0.15) is 29.0 Å². The summed E-state index contributed by atoms with van der Waals surface area (Å²) in [7, 11) is 0. The Hall–Kier alpha value is -3.35. The molecule has 7 nitrogen and oxygen atoms in total. The Morgan fingerprint density at radius 1 is 1.07 bits per heavy atom. The zero-order chi connectivity index (χ0) is 18.5. The van der Waals surface area contributed by atoms with Gasteiger partial charge in [-0.25, -0.2) is 9.97 Å². The third-order valence-corrected chi connectivity index (χ3v) is 4.51. The molecule has 1 aliphatic heterocycles. The van der Waals surface area contributed by atoms with Gasteiger partial charge < -0.3 is 20.0 Å². The van der Waals surface area contributed by atoms with Crippen molar-refractivity contribution in [1.82, 2.24) is 15.3 Å². The highest BCUT2D eigenvalue weighted by Crippen LogP contribution is 2.23. The SMILES string of the molecule is O=C(NCc1ccco1)c1cnc(Nc2ccc(N3CCCC3)cc2)nc1. The molecular weight excluding hydrogens is 342 g/mol. The molecule has 0 radical (unpaired) electrons. The van der Waals surface area contributed by atoms with E-state index in [1.807, 2.05) is 12.1 Å². The van der Waals surface area contributed by atoms with E-state index in [1.54, 1.807) is 18.4 Å². The second-order valence-electron chi connectivity index (χ2n) is 6.42. The largest absolute Gasteiger partial charge is 0.467 e. The van der Waals surface area contributed by atoms with Crippen LogP contribution in [0.5, 0.6) is 0 Å². The lowest BCUT2D eigenvalue weighted by Gasteiger charge is -2.17. The van der Waals surface area contributed by atoms with Gasteiger partial charge in [-0.3, -0.25) is 4.79 Å². The average Bonchev–Trinajstić information content (AvgIpc) is 3.41. The quantitative estimate of drug-likeness (QED) is 0.699. The molecule has 0 bridgehead atoms. The summed E-state index contributed by atoms with van der Waals surface area (Å²) >= 11 is 0. The van der Waals surface area contributed by atoms with Crippen LogP contribution in [-0.2, 0) is 6.54 Å². The minimum atomic E-state index is -0.243. The highest BCUT2D eigenvalue weighted by atomic mass is 16.3. The Kier molecular flexibility index (Phi) is 5.00. The molecule has 1 amide bonds. The van der Waals surface area contributed by atoms with E-state index in [2.05, 4.69) is 37.6 Å². The van der Waals surface area contributed by atoms with Crippen LogP contribution < -0.4 is 15.5 Å². The summed E-state index contributed by atoms with van der Waals surface area (Å²) < 4.78 is 5.19. The lowest BCUT2D eigenvalue weighted by Crippen LogP contribution is -2.23. The first kappa shape index (κ1) is 17.1. The van der Waals surface area contributed by atoms with E-state index < -0.39 is 0 Å². The highest BCUT2D eigenvalue weighted by molar-refractivity contribution is 5.93. The molecule has 7 heteroatoms. The molecular formula is C20H21N5O2. The molecule has 2 N–H and O–H groups in total. The summed E-state index contributed by atoms with van der Waals surface area (Å²) in [6, 6.07) is 11.8. The second-order valence-corrected chi connectivity index (χ2v) is 6.42. The standard InChI is InChI=1S/C20H21N5O2/c26-19(21-14-18-4-3-11-27-18)15-12-22-20(23-13-15)24-16-5-7-17(8-6-16)25-9-1-2-10-25/h3-8,11-13H,1-2,9-10,14H2,(H,21,26)(H,22,23,24). The monoisotopic (exact) mass is 363 g/mol. The predicted molar refractivity (Wildman–Crippen MR) is 103 cm³/mol. The number of carbonyl (C=O) groups is 1. The minimum Gasteiger partial charge on any atom is -0.467 e. The lowest BCUT2D eigenvalue weighted by atomic mass is 10.2. The molecule has 0 spiro atoms. The normalized spacial score (nSPS) is 13.6. The van der Waals surface area contributed by atoms with Gasteiger partial charge in [0.1, 0.15) is 5.76 Å². The first-order valence-electron chi connectivity index (χ1n) is 9.02. The van der Waals surface area contributed by atoms with Crippen molar-refractivity contribution >= 4 is 23.2 Å². The Morgan fingerprint density at radius 2 is 1.81 bits per heavy atom. The van der Waals surface area contributed by atoms with Gasteiger partial charge in [-0.2, -0.15) is 0 Å². The smallest absolute Gasteiger partial charge is 0.254 e. The van der Waals surface area contributed by atoms with Crippen LogP contribution in [0.25, 0.3) is 0 Å². The molecule has 1 aliphatic rings. The van der Waals surface area contributed by atoms with E-state index in [0.29, 0.717) is 23.8 Å². The first-order chi connectivity index (χ1) is 13.3. The minimum absolute atomic E-state index is 0.243. The Labute approximate surface area is 157 Å². The lowest BCUT2D eigenvalue weighted by molar-refractivity contribution is 0.0947. The summed E-state index contributed by atoms with van der Waals surface area (Å²) in [6.07, 6.45) is 7.10.